The fourth-order valence-electron chi connectivity index (χ4n) is 1.14. The molecule has 1 aliphatic rings. The van der Waals surface area contributed by atoms with Gasteiger partial charge in [0, 0.05) is 5.92 Å². The Bertz CT molecular complexity index is 84.5. The molecule has 0 amide bonds. The van der Waals surface area contributed by atoms with Gasteiger partial charge in [-0.15, -0.1) is 0 Å². The van der Waals surface area contributed by atoms with Crippen LogP contribution >= 0.6 is 0 Å². The van der Waals surface area contributed by atoms with Crippen LogP contribution in [0.15, 0.2) is 5.16 Å². The molecule has 1 saturated carbocycles. The second-order valence-corrected chi connectivity index (χ2v) is 2.21. The van der Waals surface area contributed by atoms with Gasteiger partial charge in [0.2, 0.25) is 0 Å². The van der Waals surface area contributed by atoms with Crippen LogP contribution in [0.5, 0.6) is 0 Å². The molecular weight excluding hydrogens is 102 g/mol. The second-order valence-electron chi connectivity index (χ2n) is 2.21. The molecule has 0 spiro atoms. The summed E-state index contributed by atoms with van der Waals surface area (Å²) in [5.74, 6) is 0.444. The Balaban J connectivity index is 2.24. The van der Waals surface area contributed by atoms with E-state index in [0.717, 1.165) is 12.8 Å². The molecule has 1 aliphatic carbocycles. The molecule has 45 valence electrons. The Hall–Kier alpha value is -0.530. The summed E-state index contributed by atoms with van der Waals surface area (Å²) in [6.07, 6.45) is 7.48. The van der Waals surface area contributed by atoms with Gasteiger partial charge in [-0.2, -0.15) is 0 Å². The van der Waals surface area contributed by atoms with Crippen molar-refractivity contribution >= 4 is 6.21 Å². The van der Waals surface area contributed by atoms with Crippen LogP contribution in [0, 0.1) is 5.92 Å². The highest BCUT2D eigenvalue weighted by Gasteiger charge is 2.12. The zero-order valence-electron chi connectivity index (χ0n) is 4.80. The molecule has 1 fully saturated rings. The Labute approximate surface area is 49.2 Å². The first-order chi connectivity index (χ1) is 3.93. The maximum Gasteiger partial charge on any atom is 0.108 e. The Morgan fingerprint density at radius 1 is 1.38 bits per heavy atom. The summed E-state index contributed by atoms with van der Waals surface area (Å²) in [5, 5.41) is 10.9. The maximum absolute atomic E-state index is 8.04. The van der Waals surface area contributed by atoms with Gasteiger partial charge in [0.1, 0.15) is 6.21 Å². The van der Waals surface area contributed by atoms with Crippen LogP contribution in [0.2, 0.25) is 0 Å². The van der Waals surface area contributed by atoms with E-state index in [1.54, 1.807) is 0 Å². The molecule has 0 heterocycles. The molecule has 1 radical (unpaired) electrons. The molecule has 1 rings (SSSR count). The number of hydrogen-bond acceptors (Lipinski definition) is 2. The molecule has 0 atom stereocenters. The van der Waals surface area contributed by atoms with Crippen LogP contribution in [-0.2, 0) is 0 Å². The first-order valence-electron chi connectivity index (χ1n) is 3.03. The van der Waals surface area contributed by atoms with Crippen LogP contribution < -0.4 is 0 Å². The van der Waals surface area contributed by atoms with Crippen molar-refractivity contribution in [2.24, 2.45) is 11.1 Å². The number of hydrogen-bond donors (Lipinski definition) is 1. The van der Waals surface area contributed by atoms with E-state index in [2.05, 4.69) is 11.4 Å². The highest BCUT2D eigenvalue weighted by Crippen LogP contribution is 2.22. The molecule has 2 heteroatoms. The third-order valence-electron chi connectivity index (χ3n) is 1.60. The number of rotatable bonds is 1. The second kappa shape index (κ2) is 2.70. The molecule has 0 unspecified atom stereocenters. The minimum atomic E-state index is 0.444. The topological polar surface area (TPSA) is 32.6 Å². The average molecular weight is 112 g/mol. The van der Waals surface area contributed by atoms with Crippen molar-refractivity contribution in [2.45, 2.75) is 25.7 Å². The van der Waals surface area contributed by atoms with Gasteiger partial charge in [0.25, 0.3) is 0 Å². The van der Waals surface area contributed by atoms with Crippen molar-refractivity contribution < 1.29 is 5.21 Å². The van der Waals surface area contributed by atoms with E-state index in [-0.39, 0.29) is 0 Å². The fourth-order valence-corrected chi connectivity index (χ4v) is 1.14. The molecule has 1 N–H and O–H groups in total. The molecule has 0 aromatic carbocycles. The first kappa shape index (κ1) is 5.60. The lowest BCUT2D eigenvalue weighted by atomic mass is 10.1. The normalized spacial score (nSPS) is 23.0. The highest BCUT2D eigenvalue weighted by atomic mass is 16.4. The van der Waals surface area contributed by atoms with Gasteiger partial charge in [-0.1, -0.05) is 18.0 Å². The molecule has 0 aromatic heterocycles. The minimum absolute atomic E-state index is 0.444. The van der Waals surface area contributed by atoms with Crippen LogP contribution in [0.4, 0.5) is 0 Å². The van der Waals surface area contributed by atoms with E-state index in [1.165, 1.54) is 12.8 Å². The Morgan fingerprint density at radius 2 is 2.00 bits per heavy atom. The van der Waals surface area contributed by atoms with Gasteiger partial charge < -0.3 is 5.21 Å². The van der Waals surface area contributed by atoms with Crippen LogP contribution in [0.25, 0.3) is 0 Å². The number of nitrogens with zero attached hydrogens (tertiary/aromatic N) is 1. The third kappa shape index (κ3) is 1.22. The predicted molar refractivity (Wildman–Crippen MR) is 31.2 cm³/mol. The first-order valence-corrected chi connectivity index (χ1v) is 3.03. The van der Waals surface area contributed by atoms with Crippen molar-refractivity contribution in [1.29, 1.82) is 0 Å². The molecule has 2 nitrogen and oxygen atoms in total. The molecule has 0 saturated heterocycles. The summed E-state index contributed by atoms with van der Waals surface area (Å²) >= 11 is 0. The van der Waals surface area contributed by atoms with E-state index in [1.807, 2.05) is 0 Å². The maximum atomic E-state index is 8.04. The SMILES string of the molecule is O/N=[C]/C1CCCC1. The zero-order valence-corrected chi connectivity index (χ0v) is 4.80. The van der Waals surface area contributed by atoms with Gasteiger partial charge in [-0.05, 0) is 12.8 Å². The predicted octanol–water partition coefficient (Wildman–Crippen LogP) is 1.51. The summed E-state index contributed by atoms with van der Waals surface area (Å²) in [4.78, 5) is 0. The van der Waals surface area contributed by atoms with E-state index in [9.17, 15) is 0 Å². The molecule has 8 heavy (non-hydrogen) atoms. The van der Waals surface area contributed by atoms with Gasteiger partial charge in [0.15, 0.2) is 0 Å². The van der Waals surface area contributed by atoms with Crippen molar-refractivity contribution in [3.05, 3.63) is 0 Å². The molecule has 0 bridgehead atoms. The molecular formula is C6H10NO. The molecule has 0 aliphatic heterocycles. The summed E-state index contributed by atoms with van der Waals surface area (Å²) in [7, 11) is 0. The summed E-state index contributed by atoms with van der Waals surface area (Å²) in [6.45, 7) is 0. The van der Waals surface area contributed by atoms with Crippen molar-refractivity contribution in [1.82, 2.24) is 0 Å². The average Bonchev–Trinajstić information content (AvgIpc) is 2.19. The summed E-state index contributed by atoms with van der Waals surface area (Å²) in [6, 6.07) is 0. The van der Waals surface area contributed by atoms with Gasteiger partial charge in [0.05, 0.1) is 0 Å². The smallest absolute Gasteiger partial charge is 0.108 e. The summed E-state index contributed by atoms with van der Waals surface area (Å²) < 4.78 is 0. The standard InChI is InChI=1S/C6H10NO/c8-7-5-6-3-1-2-4-6/h6,8H,1-4H2. The van der Waals surface area contributed by atoms with Crippen molar-refractivity contribution in [3.8, 4) is 0 Å². The lowest BCUT2D eigenvalue weighted by molar-refractivity contribution is 0.318. The minimum Gasteiger partial charge on any atom is -0.411 e. The third-order valence-corrected chi connectivity index (χ3v) is 1.60. The van der Waals surface area contributed by atoms with Crippen molar-refractivity contribution in [2.75, 3.05) is 0 Å². The van der Waals surface area contributed by atoms with Crippen LogP contribution in [0.3, 0.4) is 0 Å². The quantitative estimate of drug-likeness (QED) is 0.311. The fraction of sp³-hybridized carbons (Fsp3) is 0.833. The lowest BCUT2D eigenvalue weighted by Gasteiger charge is -1.92. The highest BCUT2D eigenvalue weighted by molar-refractivity contribution is 5.60. The summed E-state index contributed by atoms with van der Waals surface area (Å²) in [5.41, 5.74) is 0. The van der Waals surface area contributed by atoms with E-state index in [0.29, 0.717) is 5.92 Å². The van der Waals surface area contributed by atoms with Crippen LogP contribution in [-0.4, -0.2) is 11.4 Å². The largest absolute Gasteiger partial charge is 0.411 e. The van der Waals surface area contributed by atoms with Gasteiger partial charge >= 0.3 is 0 Å². The monoisotopic (exact) mass is 112 g/mol. The Kier molecular flexibility index (Phi) is 1.89. The van der Waals surface area contributed by atoms with E-state index >= 15 is 0 Å². The van der Waals surface area contributed by atoms with Gasteiger partial charge in [-0.25, -0.2) is 0 Å². The lowest BCUT2D eigenvalue weighted by Crippen LogP contribution is -1.92. The molecule has 0 aromatic rings. The van der Waals surface area contributed by atoms with Crippen LogP contribution in [0.1, 0.15) is 25.7 Å². The Morgan fingerprint density at radius 3 is 2.50 bits per heavy atom. The van der Waals surface area contributed by atoms with E-state index < -0.39 is 0 Å². The van der Waals surface area contributed by atoms with Gasteiger partial charge in [-0.3, -0.25) is 0 Å². The van der Waals surface area contributed by atoms with Crippen molar-refractivity contribution in [3.63, 3.8) is 0 Å². The zero-order chi connectivity index (χ0) is 5.82. The van der Waals surface area contributed by atoms with E-state index in [4.69, 9.17) is 5.21 Å².